The van der Waals surface area contributed by atoms with Gasteiger partial charge < -0.3 is 20.6 Å². The van der Waals surface area contributed by atoms with Crippen LogP contribution in [0.5, 0.6) is 5.75 Å². The van der Waals surface area contributed by atoms with Gasteiger partial charge >= 0.3 is 6.03 Å². The summed E-state index contributed by atoms with van der Waals surface area (Å²) in [6.45, 7) is 1.79. The number of fused-ring (bicyclic) bond motifs is 1. The predicted molar refractivity (Wildman–Crippen MR) is 136 cm³/mol. The highest BCUT2D eigenvalue weighted by molar-refractivity contribution is 9.10. The summed E-state index contributed by atoms with van der Waals surface area (Å²) in [7, 11) is 0. The van der Waals surface area contributed by atoms with Gasteiger partial charge in [0.05, 0.1) is 22.1 Å². The number of nitrogens with zero attached hydrogens (tertiary/aromatic N) is 4. The maximum Gasteiger partial charge on any atom is 0.321 e. The fourth-order valence-electron chi connectivity index (χ4n) is 4.31. The third-order valence-electron chi connectivity index (χ3n) is 6.10. The van der Waals surface area contributed by atoms with Gasteiger partial charge in [0.25, 0.3) is 0 Å². The molecule has 3 heterocycles. The average Bonchev–Trinajstić information content (AvgIpc) is 3.25. The van der Waals surface area contributed by atoms with Gasteiger partial charge in [-0.25, -0.2) is 14.2 Å². The fraction of sp³-hybridized carbons (Fsp3) is 0.240. The molecular weight excluding hydrogens is 515 g/mol. The molecule has 1 unspecified atom stereocenters. The van der Waals surface area contributed by atoms with Crippen molar-refractivity contribution in [1.29, 1.82) is 0 Å². The highest BCUT2D eigenvalue weighted by Crippen LogP contribution is 2.31. The Balaban J connectivity index is 1.31. The second-order valence-electron chi connectivity index (χ2n) is 8.52. The number of urea groups is 1. The SMILES string of the molecule is O=C(Nc1ccccc1F)N1CCCC(CNc2cc(-c3ccccc3O)nc3c(Br)cnn23)C1. The number of para-hydroxylation sites is 2. The van der Waals surface area contributed by atoms with Gasteiger partial charge in [0.2, 0.25) is 0 Å². The number of amides is 2. The van der Waals surface area contributed by atoms with E-state index in [1.807, 2.05) is 18.2 Å². The number of benzene rings is 2. The number of likely N-dealkylation sites (tertiary alicyclic amines) is 1. The maximum atomic E-state index is 13.9. The van der Waals surface area contributed by atoms with Crippen LogP contribution in [0, 0.1) is 11.7 Å². The lowest BCUT2D eigenvalue weighted by Gasteiger charge is -2.33. The molecule has 1 fully saturated rings. The zero-order valence-corrected chi connectivity index (χ0v) is 20.4. The molecule has 1 atom stereocenters. The number of hydrogen-bond acceptors (Lipinski definition) is 5. The molecule has 2 aromatic carbocycles. The number of anilines is 2. The maximum absolute atomic E-state index is 13.9. The molecule has 3 N–H and O–H groups in total. The lowest BCUT2D eigenvalue weighted by atomic mass is 9.98. The average molecular weight is 539 g/mol. The number of hydrogen-bond donors (Lipinski definition) is 3. The lowest BCUT2D eigenvalue weighted by molar-refractivity contribution is 0.180. The van der Waals surface area contributed by atoms with Gasteiger partial charge in [0, 0.05) is 31.3 Å². The highest BCUT2D eigenvalue weighted by Gasteiger charge is 2.24. The topological polar surface area (TPSA) is 94.8 Å². The molecule has 2 amide bonds. The van der Waals surface area contributed by atoms with Crippen LogP contribution >= 0.6 is 15.9 Å². The zero-order valence-electron chi connectivity index (χ0n) is 18.8. The van der Waals surface area contributed by atoms with Crippen LogP contribution in [0.3, 0.4) is 0 Å². The monoisotopic (exact) mass is 538 g/mol. The van der Waals surface area contributed by atoms with E-state index < -0.39 is 5.82 Å². The minimum absolute atomic E-state index is 0.148. The van der Waals surface area contributed by atoms with Crippen molar-refractivity contribution in [2.75, 3.05) is 30.3 Å². The zero-order chi connectivity index (χ0) is 24.4. The van der Waals surface area contributed by atoms with Gasteiger partial charge in [-0.2, -0.15) is 9.61 Å². The summed E-state index contributed by atoms with van der Waals surface area (Å²) in [6.07, 6.45) is 3.50. The van der Waals surface area contributed by atoms with E-state index in [0.29, 0.717) is 36.5 Å². The van der Waals surface area contributed by atoms with E-state index in [1.165, 1.54) is 6.07 Å². The number of aromatic nitrogens is 3. The Hall–Kier alpha value is -3.66. The van der Waals surface area contributed by atoms with Crippen molar-refractivity contribution >= 4 is 39.1 Å². The number of halogens is 2. The number of phenols is 1. The van der Waals surface area contributed by atoms with Crippen molar-refractivity contribution in [1.82, 2.24) is 19.5 Å². The quantitative estimate of drug-likeness (QED) is 0.318. The van der Waals surface area contributed by atoms with Crippen LogP contribution in [-0.4, -0.2) is 50.3 Å². The lowest BCUT2D eigenvalue weighted by Crippen LogP contribution is -2.44. The molecule has 1 aliphatic heterocycles. The molecule has 0 bridgehead atoms. The summed E-state index contributed by atoms with van der Waals surface area (Å²) in [6, 6.07) is 14.8. The Labute approximate surface area is 209 Å². The summed E-state index contributed by atoms with van der Waals surface area (Å²) in [4.78, 5) is 19.1. The molecule has 0 aliphatic carbocycles. The minimum atomic E-state index is -0.455. The smallest absolute Gasteiger partial charge is 0.321 e. The molecule has 0 saturated carbocycles. The number of nitrogens with one attached hydrogen (secondary N) is 2. The number of carbonyl (C=O) groups is 1. The molecule has 5 rings (SSSR count). The van der Waals surface area contributed by atoms with Crippen LogP contribution in [0.25, 0.3) is 16.9 Å². The first-order chi connectivity index (χ1) is 17.0. The van der Waals surface area contributed by atoms with E-state index in [1.54, 1.807) is 45.9 Å². The second-order valence-corrected chi connectivity index (χ2v) is 9.37. The van der Waals surface area contributed by atoms with Crippen LogP contribution in [0.4, 0.5) is 20.7 Å². The third kappa shape index (κ3) is 4.93. The van der Waals surface area contributed by atoms with Gasteiger partial charge in [-0.05, 0) is 59.0 Å². The summed E-state index contributed by atoms with van der Waals surface area (Å²) >= 11 is 3.50. The molecule has 0 spiro atoms. The molecule has 2 aromatic heterocycles. The number of rotatable bonds is 5. The Morgan fingerprint density at radius 1 is 1.20 bits per heavy atom. The Morgan fingerprint density at radius 3 is 2.83 bits per heavy atom. The van der Waals surface area contributed by atoms with Crippen LogP contribution in [0.1, 0.15) is 12.8 Å². The number of carbonyl (C=O) groups excluding carboxylic acids is 1. The number of phenolic OH excluding ortho intramolecular Hbond substituents is 1. The molecule has 1 aliphatic rings. The minimum Gasteiger partial charge on any atom is -0.507 e. The Bertz CT molecular complexity index is 1380. The number of piperidine rings is 1. The van der Waals surface area contributed by atoms with Crippen LogP contribution in [-0.2, 0) is 0 Å². The van der Waals surface area contributed by atoms with Crippen molar-refractivity contribution in [3.63, 3.8) is 0 Å². The first-order valence-corrected chi connectivity index (χ1v) is 12.2. The highest BCUT2D eigenvalue weighted by atomic mass is 79.9. The van der Waals surface area contributed by atoms with E-state index in [4.69, 9.17) is 0 Å². The molecule has 0 radical (unpaired) electrons. The van der Waals surface area contributed by atoms with E-state index in [0.717, 1.165) is 23.1 Å². The molecule has 4 aromatic rings. The largest absolute Gasteiger partial charge is 0.507 e. The molecule has 35 heavy (non-hydrogen) atoms. The summed E-state index contributed by atoms with van der Waals surface area (Å²) in [5.74, 6) is 0.621. The van der Waals surface area contributed by atoms with E-state index in [9.17, 15) is 14.3 Å². The second kappa shape index (κ2) is 9.91. The molecular formula is C25H24BrFN6O2. The van der Waals surface area contributed by atoms with Crippen molar-refractivity contribution in [3.8, 4) is 17.0 Å². The first-order valence-electron chi connectivity index (χ1n) is 11.4. The Morgan fingerprint density at radius 2 is 2.00 bits per heavy atom. The number of aromatic hydroxyl groups is 1. The van der Waals surface area contributed by atoms with Gasteiger partial charge in [-0.15, -0.1) is 0 Å². The predicted octanol–water partition coefficient (Wildman–Crippen LogP) is 5.36. The summed E-state index contributed by atoms with van der Waals surface area (Å²) in [5.41, 5.74) is 2.05. The van der Waals surface area contributed by atoms with E-state index >= 15 is 0 Å². The third-order valence-corrected chi connectivity index (χ3v) is 6.66. The van der Waals surface area contributed by atoms with Crippen molar-refractivity contribution in [3.05, 3.63) is 71.1 Å². The van der Waals surface area contributed by atoms with Crippen molar-refractivity contribution in [2.24, 2.45) is 5.92 Å². The summed E-state index contributed by atoms with van der Waals surface area (Å²) in [5, 5.41) is 20.9. The standard InChI is InChI=1S/C25H24BrFN6O2/c26-18-14-29-33-23(12-21(30-24(18)33)17-7-1-4-10-22(17)34)28-13-16-6-5-11-32(15-16)25(35)31-20-9-3-2-8-19(20)27/h1-4,7-10,12,14,16,28,34H,5-6,11,13,15H2,(H,31,35). The molecule has 10 heteroatoms. The van der Waals surface area contributed by atoms with Crippen LogP contribution in [0.2, 0.25) is 0 Å². The fourth-order valence-corrected chi connectivity index (χ4v) is 4.66. The van der Waals surface area contributed by atoms with Gasteiger partial charge in [0.15, 0.2) is 5.65 Å². The van der Waals surface area contributed by atoms with Gasteiger partial charge in [0.1, 0.15) is 17.4 Å². The first kappa shape index (κ1) is 23.1. The van der Waals surface area contributed by atoms with Crippen molar-refractivity contribution < 1.29 is 14.3 Å². The van der Waals surface area contributed by atoms with Crippen LogP contribution in [0.15, 0.2) is 65.3 Å². The van der Waals surface area contributed by atoms with E-state index in [2.05, 4.69) is 36.6 Å². The van der Waals surface area contributed by atoms with Crippen molar-refractivity contribution in [2.45, 2.75) is 12.8 Å². The van der Waals surface area contributed by atoms with E-state index in [-0.39, 0.29) is 23.4 Å². The molecule has 8 nitrogen and oxygen atoms in total. The van der Waals surface area contributed by atoms with Gasteiger partial charge in [-0.1, -0.05) is 24.3 Å². The molecule has 180 valence electrons. The Kier molecular flexibility index (Phi) is 6.54. The van der Waals surface area contributed by atoms with Crippen LogP contribution < -0.4 is 10.6 Å². The van der Waals surface area contributed by atoms with Gasteiger partial charge in [-0.3, -0.25) is 0 Å². The normalized spacial score (nSPS) is 15.8. The summed E-state index contributed by atoms with van der Waals surface area (Å²) < 4.78 is 16.4. The molecule has 1 saturated heterocycles.